The van der Waals surface area contributed by atoms with E-state index in [1.54, 1.807) is 6.20 Å². The van der Waals surface area contributed by atoms with Gasteiger partial charge in [-0.25, -0.2) is 9.97 Å². The van der Waals surface area contributed by atoms with Gasteiger partial charge in [0.05, 0.1) is 5.69 Å². The van der Waals surface area contributed by atoms with Crippen molar-refractivity contribution < 1.29 is 0 Å². The van der Waals surface area contributed by atoms with Crippen LogP contribution in [0.2, 0.25) is 0 Å². The Balaban J connectivity index is 0.000000980. The Morgan fingerprint density at radius 2 is 1.60 bits per heavy atom. The van der Waals surface area contributed by atoms with Crippen LogP contribution in [0.25, 0.3) is 11.3 Å². The molecular weight excluding hydrogens is 233 g/mol. The first-order valence-electron chi connectivity index (χ1n) is 4.00. The number of nitrogens with zero attached hydrogens (tertiary/aromatic N) is 2. The van der Waals surface area contributed by atoms with E-state index in [0.717, 1.165) is 11.3 Å². The molecule has 3 nitrogen and oxygen atoms in total. The molecule has 0 saturated heterocycles. The van der Waals surface area contributed by atoms with Gasteiger partial charge in [0, 0.05) is 11.8 Å². The Morgan fingerprint density at radius 1 is 0.933 bits per heavy atom. The van der Waals surface area contributed by atoms with Gasteiger partial charge in [-0.2, -0.15) is 0 Å². The lowest BCUT2D eigenvalue weighted by Crippen LogP contribution is -1.94. The lowest BCUT2D eigenvalue weighted by Gasteiger charge is -1.99. The predicted molar refractivity (Wildman–Crippen MR) is 66.4 cm³/mol. The number of nitrogens with two attached hydrogens (primary N) is 1. The molecule has 5 heteroatoms. The Labute approximate surface area is 101 Å². The second-order valence-corrected chi connectivity index (χ2v) is 2.67. The molecule has 0 spiro atoms. The molecule has 1 heterocycles. The highest BCUT2D eigenvalue weighted by molar-refractivity contribution is 5.85. The first-order chi connectivity index (χ1) is 6.36. The molecule has 0 aliphatic heterocycles. The number of anilines is 1. The van der Waals surface area contributed by atoms with Crippen LogP contribution in [-0.2, 0) is 0 Å². The first kappa shape index (κ1) is 13.7. The van der Waals surface area contributed by atoms with Gasteiger partial charge in [0.15, 0.2) is 0 Å². The van der Waals surface area contributed by atoms with Crippen molar-refractivity contribution in [3.8, 4) is 11.3 Å². The number of halogens is 2. The minimum atomic E-state index is 0. The van der Waals surface area contributed by atoms with Crippen LogP contribution in [0.1, 0.15) is 0 Å². The monoisotopic (exact) mass is 243 g/mol. The van der Waals surface area contributed by atoms with Crippen LogP contribution in [0.3, 0.4) is 0 Å². The fraction of sp³-hybridized carbons (Fsp3) is 0. The van der Waals surface area contributed by atoms with Crippen LogP contribution in [0.15, 0.2) is 42.6 Å². The zero-order valence-electron chi connectivity index (χ0n) is 7.83. The average molecular weight is 244 g/mol. The van der Waals surface area contributed by atoms with Gasteiger partial charge in [-0.15, -0.1) is 24.8 Å². The Hall–Kier alpha value is -1.32. The third-order valence-electron chi connectivity index (χ3n) is 1.74. The van der Waals surface area contributed by atoms with Gasteiger partial charge >= 0.3 is 0 Å². The summed E-state index contributed by atoms with van der Waals surface area (Å²) in [6, 6.07) is 11.7. The molecule has 0 aliphatic rings. The van der Waals surface area contributed by atoms with E-state index in [9.17, 15) is 0 Å². The van der Waals surface area contributed by atoms with Crippen LogP contribution in [-0.4, -0.2) is 9.97 Å². The minimum absolute atomic E-state index is 0. The molecule has 0 saturated carbocycles. The van der Waals surface area contributed by atoms with Crippen LogP contribution in [0, 0.1) is 0 Å². The summed E-state index contributed by atoms with van der Waals surface area (Å²) in [7, 11) is 0. The maximum absolute atomic E-state index is 5.47. The third-order valence-corrected chi connectivity index (χ3v) is 1.74. The summed E-state index contributed by atoms with van der Waals surface area (Å²) in [4.78, 5) is 7.94. The van der Waals surface area contributed by atoms with E-state index in [1.807, 2.05) is 36.4 Å². The van der Waals surface area contributed by atoms with Crippen LogP contribution in [0.5, 0.6) is 0 Å². The highest BCUT2D eigenvalue weighted by Gasteiger charge is 1.97. The molecule has 1 aromatic heterocycles. The second kappa shape index (κ2) is 6.22. The number of benzene rings is 1. The van der Waals surface area contributed by atoms with Crippen LogP contribution in [0.4, 0.5) is 5.95 Å². The van der Waals surface area contributed by atoms with Crippen molar-refractivity contribution in [2.75, 3.05) is 5.73 Å². The van der Waals surface area contributed by atoms with Crippen molar-refractivity contribution in [2.45, 2.75) is 0 Å². The number of hydrogen-bond donors (Lipinski definition) is 1. The van der Waals surface area contributed by atoms with E-state index in [-0.39, 0.29) is 24.8 Å². The fourth-order valence-corrected chi connectivity index (χ4v) is 1.14. The van der Waals surface area contributed by atoms with Gasteiger partial charge < -0.3 is 5.73 Å². The quantitative estimate of drug-likeness (QED) is 0.838. The lowest BCUT2D eigenvalue weighted by molar-refractivity contribution is 1.19. The molecule has 1 aromatic carbocycles. The highest BCUT2D eigenvalue weighted by Crippen LogP contribution is 2.15. The first-order valence-corrected chi connectivity index (χ1v) is 4.00. The minimum Gasteiger partial charge on any atom is -0.368 e. The van der Waals surface area contributed by atoms with E-state index >= 15 is 0 Å². The summed E-state index contributed by atoms with van der Waals surface area (Å²) in [5.41, 5.74) is 7.38. The third kappa shape index (κ3) is 3.38. The number of aromatic nitrogens is 2. The molecule has 0 amide bonds. The molecule has 2 N–H and O–H groups in total. The van der Waals surface area contributed by atoms with E-state index in [0.29, 0.717) is 5.95 Å². The average Bonchev–Trinajstić information content (AvgIpc) is 2.19. The molecule has 0 fully saturated rings. The van der Waals surface area contributed by atoms with Crippen LogP contribution >= 0.6 is 24.8 Å². The number of nitrogen functional groups attached to an aromatic ring is 1. The second-order valence-electron chi connectivity index (χ2n) is 2.67. The molecule has 2 aromatic rings. The van der Waals surface area contributed by atoms with E-state index < -0.39 is 0 Å². The van der Waals surface area contributed by atoms with Crippen LogP contribution < -0.4 is 5.73 Å². The van der Waals surface area contributed by atoms with Crippen molar-refractivity contribution >= 4 is 30.8 Å². The summed E-state index contributed by atoms with van der Waals surface area (Å²) in [5.74, 6) is 0.307. The van der Waals surface area contributed by atoms with E-state index in [1.165, 1.54) is 0 Å². The molecule has 0 radical (unpaired) electrons. The van der Waals surface area contributed by atoms with E-state index in [4.69, 9.17) is 5.73 Å². The zero-order chi connectivity index (χ0) is 9.10. The molecule has 0 bridgehead atoms. The SMILES string of the molecule is Cl.Cl.Nc1nccc(-c2ccccc2)n1. The molecule has 80 valence electrons. The summed E-state index contributed by atoms with van der Waals surface area (Å²) >= 11 is 0. The predicted octanol–water partition coefficient (Wildman–Crippen LogP) is 2.57. The molecule has 15 heavy (non-hydrogen) atoms. The fourth-order valence-electron chi connectivity index (χ4n) is 1.14. The van der Waals surface area contributed by atoms with Gasteiger partial charge in [0.2, 0.25) is 5.95 Å². The lowest BCUT2D eigenvalue weighted by atomic mass is 10.1. The van der Waals surface area contributed by atoms with Gasteiger partial charge in [-0.1, -0.05) is 30.3 Å². The van der Waals surface area contributed by atoms with Gasteiger partial charge in [-0.3, -0.25) is 0 Å². The largest absolute Gasteiger partial charge is 0.368 e. The van der Waals surface area contributed by atoms with Gasteiger partial charge in [0.25, 0.3) is 0 Å². The summed E-state index contributed by atoms with van der Waals surface area (Å²) in [6.07, 6.45) is 1.66. The van der Waals surface area contributed by atoms with Gasteiger partial charge in [0.1, 0.15) is 0 Å². The summed E-state index contributed by atoms with van der Waals surface area (Å²) in [5, 5.41) is 0. The summed E-state index contributed by atoms with van der Waals surface area (Å²) in [6.45, 7) is 0. The summed E-state index contributed by atoms with van der Waals surface area (Å²) < 4.78 is 0. The molecule has 2 rings (SSSR count). The van der Waals surface area contributed by atoms with Gasteiger partial charge in [-0.05, 0) is 6.07 Å². The molecule has 0 aliphatic carbocycles. The standard InChI is InChI=1S/C10H9N3.2ClH/c11-10-12-7-6-9(13-10)8-4-2-1-3-5-8;;/h1-7H,(H2,11,12,13);2*1H. The highest BCUT2D eigenvalue weighted by atomic mass is 35.5. The molecule has 0 atom stereocenters. The maximum Gasteiger partial charge on any atom is 0.220 e. The molecule has 0 unspecified atom stereocenters. The molecular formula is C10H11Cl2N3. The number of rotatable bonds is 1. The smallest absolute Gasteiger partial charge is 0.220 e. The van der Waals surface area contributed by atoms with E-state index in [2.05, 4.69) is 9.97 Å². The Bertz CT molecular complexity index is 406. The van der Waals surface area contributed by atoms with Crippen molar-refractivity contribution in [2.24, 2.45) is 0 Å². The topological polar surface area (TPSA) is 51.8 Å². The Morgan fingerprint density at radius 3 is 2.20 bits per heavy atom. The zero-order valence-corrected chi connectivity index (χ0v) is 9.46. The van der Waals surface area contributed by atoms with Crippen molar-refractivity contribution in [1.29, 1.82) is 0 Å². The Kier molecular flexibility index (Phi) is 5.67. The van der Waals surface area contributed by atoms with Crippen molar-refractivity contribution in [1.82, 2.24) is 9.97 Å². The van der Waals surface area contributed by atoms with Crippen molar-refractivity contribution in [3.05, 3.63) is 42.6 Å². The normalized spacial score (nSPS) is 8.53. The number of hydrogen-bond acceptors (Lipinski definition) is 3. The van der Waals surface area contributed by atoms with Crippen molar-refractivity contribution in [3.63, 3.8) is 0 Å². The maximum atomic E-state index is 5.47.